The van der Waals surface area contributed by atoms with E-state index in [1.807, 2.05) is 52.2 Å². The fourth-order valence-corrected chi connectivity index (χ4v) is 4.69. The van der Waals surface area contributed by atoms with Gasteiger partial charge in [-0.2, -0.15) is 0 Å². The lowest BCUT2D eigenvalue weighted by atomic mass is 10.0. The Kier molecular flexibility index (Phi) is 7.36. The minimum absolute atomic E-state index is 0.0219. The lowest BCUT2D eigenvalue weighted by Gasteiger charge is -2.19. The normalized spacial score (nSPS) is 15.2. The van der Waals surface area contributed by atoms with Gasteiger partial charge in [-0.1, -0.05) is 61.4 Å². The molecule has 1 aliphatic heterocycles. The third-order valence-corrected chi connectivity index (χ3v) is 6.77. The minimum atomic E-state index is 0.0219. The Morgan fingerprint density at radius 1 is 1.03 bits per heavy atom. The van der Waals surface area contributed by atoms with Crippen LogP contribution in [0.15, 0.2) is 79.3 Å². The van der Waals surface area contributed by atoms with E-state index < -0.39 is 0 Å². The number of amides is 1. The Balaban J connectivity index is 1.24. The number of carbonyl (C=O) groups excluding carboxylic acids is 1. The second kappa shape index (κ2) is 11.2. The van der Waals surface area contributed by atoms with E-state index in [0.29, 0.717) is 18.7 Å². The molecule has 1 amide bonds. The van der Waals surface area contributed by atoms with Crippen LogP contribution in [0.3, 0.4) is 0 Å². The number of likely N-dealkylation sites (tertiary alicyclic amines) is 1. The van der Waals surface area contributed by atoms with E-state index in [4.69, 9.17) is 0 Å². The topological polar surface area (TPSA) is 75.9 Å². The summed E-state index contributed by atoms with van der Waals surface area (Å²) in [5.74, 6) is 0.0219. The molecule has 1 N–H and O–H groups in total. The summed E-state index contributed by atoms with van der Waals surface area (Å²) in [6, 6.07) is 20.2. The summed E-state index contributed by atoms with van der Waals surface area (Å²) in [5.41, 5.74) is 5.65. The number of anilines is 2. The summed E-state index contributed by atoms with van der Waals surface area (Å²) in [6.07, 6.45) is 11.2. The quantitative estimate of drug-likeness (QED) is 0.302. The second-order valence-electron chi connectivity index (χ2n) is 9.34. The van der Waals surface area contributed by atoms with Crippen molar-refractivity contribution in [3.63, 3.8) is 0 Å². The average Bonchev–Trinajstić information content (AvgIpc) is 3.60. The molecule has 0 unspecified atom stereocenters. The van der Waals surface area contributed by atoms with E-state index in [0.717, 1.165) is 35.5 Å². The van der Waals surface area contributed by atoms with Gasteiger partial charge >= 0.3 is 0 Å². The van der Waals surface area contributed by atoms with Crippen molar-refractivity contribution in [2.24, 2.45) is 0 Å². The van der Waals surface area contributed by atoms with Gasteiger partial charge in [-0.25, -0.2) is 4.68 Å². The molecule has 0 saturated carbocycles. The molecule has 36 heavy (non-hydrogen) atoms. The predicted molar refractivity (Wildman–Crippen MR) is 142 cm³/mol. The third kappa shape index (κ3) is 5.46. The molecule has 0 aliphatic carbocycles. The van der Waals surface area contributed by atoms with Crippen molar-refractivity contribution in [1.82, 2.24) is 24.9 Å². The highest BCUT2D eigenvalue weighted by Crippen LogP contribution is 2.28. The largest absolute Gasteiger partial charge is 0.355 e. The van der Waals surface area contributed by atoms with Gasteiger partial charge in [0, 0.05) is 36.7 Å². The average molecular weight is 481 g/mol. The number of para-hydroxylation sites is 1. The summed E-state index contributed by atoms with van der Waals surface area (Å²) in [5, 5.41) is 12.2. The maximum atomic E-state index is 13.4. The molecule has 7 heteroatoms. The third-order valence-electron chi connectivity index (χ3n) is 6.77. The number of aromatic nitrogens is 4. The van der Waals surface area contributed by atoms with Gasteiger partial charge < -0.3 is 10.2 Å². The zero-order valence-electron chi connectivity index (χ0n) is 20.7. The number of benzene rings is 2. The van der Waals surface area contributed by atoms with Crippen molar-refractivity contribution in [2.75, 3.05) is 18.4 Å². The second-order valence-corrected chi connectivity index (χ2v) is 9.34. The van der Waals surface area contributed by atoms with E-state index in [9.17, 15) is 4.79 Å². The summed E-state index contributed by atoms with van der Waals surface area (Å²) in [7, 11) is 0. The molecule has 2 aromatic heterocycles. The minimum Gasteiger partial charge on any atom is -0.355 e. The van der Waals surface area contributed by atoms with E-state index in [1.165, 1.54) is 24.8 Å². The molecular formula is C29H32N6O. The Bertz CT molecular complexity index is 1280. The van der Waals surface area contributed by atoms with Crippen molar-refractivity contribution in [2.45, 2.75) is 45.1 Å². The van der Waals surface area contributed by atoms with Gasteiger partial charge in [0.05, 0.1) is 23.5 Å². The molecule has 1 aliphatic rings. The Morgan fingerprint density at radius 3 is 2.64 bits per heavy atom. The molecule has 1 fully saturated rings. The van der Waals surface area contributed by atoms with E-state index >= 15 is 0 Å². The standard InChI is InChI=1S/C29H32N6O/c1-2-3-4-7-22-10-12-23(13-11-22)28-21-35(33-32-28)25-16-19-34(20-25)29(36)26-8-5-6-9-27(26)31-24-14-17-30-18-15-24/h5-6,8-15,17-18,21,25H,2-4,7,16,19-20H2,1H3,(H,30,31)/t25-/m1/s1. The maximum absolute atomic E-state index is 13.4. The number of hydrogen-bond acceptors (Lipinski definition) is 5. The number of hydrogen-bond donors (Lipinski definition) is 1. The highest BCUT2D eigenvalue weighted by Gasteiger charge is 2.30. The molecule has 0 bridgehead atoms. The number of nitrogens with zero attached hydrogens (tertiary/aromatic N) is 5. The highest BCUT2D eigenvalue weighted by atomic mass is 16.2. The number of carbonyl (C=O) groups is 1. The number of pyridine rings is 1. The molecule has 3 heterocycles. The Morgan fingerprint density at radius 2 is 1.83 bits per heavy atom. The first kappa shape index (κ1) is 23.7. The van der Waals surface area contributed by atoms with Crippen LogP contribution in [0.2, 0.25) is 0 Å². The highest BCUT2D eigenvalue weighted by molar-refractivity contribution is 6.00. The molecule has 1 atom stereocenters. The van der Waals surface area contributed by atoms with Crippen LogP contribution in [0, 0.1) is 0 Å². The van der Waals surface area contributed by atoms with Crippen molar-refractivity contribution in [3.8, 4) is 11.3 Å². The summed E-state index contributed by atoms with van der Waals surface area (Å²) >= 11 is 0. The van der Waals surface area contributed by atoms with Gasteiger partial charge in [0.25, 0.3) is 5.91 Å². The van der Waals surface area contributed by atoms with Crippen LogP contribution >= 0.6 is 0 Å². The molecule has 2 aromatic carbocycles. The van der Waals surface area contributed by atoms with Crippen LogP contribution in [0.25, 0.3) is 11.3 Å². The first-order valence-electron chi connectivity index (χ1n) is 12.8. The SMILES string of the molecule is CCCCCc1ccc(-c2cn([C@@H]3CCN(C(=O)c4ccccc4Nc4ccncc4)C3)nn2)cc1. The van der Waals surface area contributed by atoms with Crippen LogP contribution in [-0.2, 0) is 6.42 Å². The fourth-order valence-electron chi connectivity index (χ4n) is 4.69. The maximum Gasteiger partial charge on any atom is 0.256 e. The van der Waals surface area contributed by atoms with E-state index in [-0.39, 0.29) is 11.9 Å². The first-order valence-corrected chi connectivity index (χ1v) is 12.8. The molecule has 1 saturated heterocycles. The van der Waals surface area contributed by atoms with Crippen LogP contribution in [0.5, 0.6) is 0 Å². The molecule has 5 rings (SSSR count). The van der Waals surface area contributed by atoms with Crippen molar-refractivity contribution in [3.05, 3.63) is 90.4 Å². The van der Waals surface area contributed by atoms with Gasteiger partial charge in [0.1, 0.15) is 5.69 Å². The zero-order chi connectivity index (χ0) is 24.7. The Hall–Kier alpha value is -4.00. The monoisotopic (exact) mass is 480 g/mol. The lowest BCUT2D eigenvalue weighted by Crippen LogP contribution is -2.29. The lowest BCUT2D eigenvalue weighted by molar-refractivity contribution is 0.0788. The number of aryl methyl sites for hydroxylation is 1. The van der Waals surface area contributed by atoms with Gasteiger partial charge in [-0.05, 0) is 49.1 Å². The molecule has 184 valence electrons. The van der Waals surface area contributed by atoms with Crippen molar-refractivity contribution in [1.29, 1.82) is 0 Å². The van der Waals surface area contributed by atoms with Gasteiger partial charge in [-0.3, -0.25) is 9.78 Å². The molecule has 4 aromatic rings. The summed E-state index contributed by atoms with van der Waals surface area (Å²) in [6.45, 7) is 3.53. The van der Waals surface area contributed by atoms with Crippen molar-refractivity contribution >= 4 is 17.3 Å². The predicted octanol–water partition coefficient (Wildman–Crippen LogP) is 5.90. The number of unbranched alkanes of at least 4 members (excludes halogenated alkanes) is 2. The van der Waals surface area contributed by atoms with Crippen LogP contribution in [0.1, 0.15) is 54.6 Å². The number of rotatable bonds is 9. The fraction of sp³-hybridized carbons (Fsp3) is 0.310. The van der Waals surface area contributed by atoms with Gasteiger partial charge in [0.15, 0.2) is 0 Å². The molecule has 7 nitrogen and oxygen atoms in total. The van der Waals surface area contributed by atoms with Gasteiger partial charge in [-0.15, -0.1) is 5.10 Å². The van der Waals surface area contributed by atoms with E-state index in [1.54, 1.807) is 12.4 Å². The number of nitrogens with one attached hydrogen (secondary N) is 1. The van der Waals surface area contributed by atoms with Crippen LogP contribution < -0.4 is 5.32 Å². The van der Waals surface area contributed by atoms with Crippen LogP contribution in [0.4, 0.5) is 11.4 Å². The molecular weight excluding hydrogens is 448 g/mol. The Labute approximate surface area is 212 Å². The van der Waals surface area contributed by atoms with E-state index in [2.05, 4.69) is 51.8 Å². The summed E-state index contributed by atoms with van der Waals surface area (Å²) < 4.78 is 1.92. The molecule has 0 spiro atoms. The summed E-state index contributed by atoms with van der Waals surface area (Å²) in [4.78, 5) is 19.4. The van der Waals surface area contributed by atoms with Gasteiger partial charge in [0.2, 0.25) is 0 Å². The molecule has 0 radical (unpaired) electrons. The zero-order valence-corrected chi connectivity index (χ0v) is 20.7. The first-order chi connectivity index (χ1) is 17.7. The smallest absolute Gasteiger partial charge is 0.256 e. The van der Waals surface area contributed by atoms with Crippen molar-refractivity contribution < 1.29 is 4.79 Å². The van der Waals surface area contributed by atoms with Crippen LogP contribution in [-0.4, -0.2) is 43.9 Å².